The van der Waals surface area contributed by atoms with Crippen molar-refractivity contribution < 1.29 is 0 Å². The van der Waals surface area contributed by atoms with Crippen molar-refractivity contribution in [2.75, 3.05) is 0 Å². The normalized spacial score (nSPS) is 49.2. The third-order valence-corrected chi connectivity index (χ3v) is 3.01. The van der Waals surface area contributed by atoms with Gasteiger partial charge in [0.1, 0.15) is 0 Å². The van der Waals surface area contributed by atoms with Gasteiger partial charge in [0, 0.05) is 11.6 Å². The first-order valence-electron chi connectivity index (χ1n) is 4.09. The molecule has 0 aliphatic heterocycles. The molecule has 1 saturated carbocycles. The highest BCUT2D eigenvalue weighted by Gasteiger charge is 2.35. The summed E-state index contributed by atoms with van der Waals surface area (Å²) < 4.78 is 0. The van der Waals surface area contributed by atoms with Crippen molar-refractivity contribution in [3.63, 3.8) is 0 Å². The van der Waals surface area contributed by atoms with Crippen LogP contribution in [-0.4, -0.2) is 11.6 Å². The summed E-state index contributed by atoms with van der Waals surface area (Å²) in [4.78, 5) is 0. The predicted octanol–water partition coefficient (Wildman–Crippen LogP) is 0.851. The summed E-state index contributed by atoms with van der Waals surface area (Å²) in [7, 11) is 0. The van der Waals surface area contributed by atoms with Crippen molar-refractivity contribution in [2.24, 2.45) is 17.4 Å². The van der Waals surface area contributed by atoms with Crippen LogP contribution in [0.5, 0.6) is 0 Å². The number of hydrogen-bond acceptors (Lipinski definition) is 2. The molecule has 1 aliphatic rings. The Morgan fingerprint density at radius 1 is 1.40 bits per heavy atom. The van der Waals surface area contributed by atoms with E-state index in [1.165, 1.54) is 12.8 Å². The van der Waals surface area contributed by atoms with Gasteiger partial charge in [-0.1, -0.05) is 13.3 Å². The first-order valence-corrected chi connectivity index (χ1v) is 4.09. The first kappa shape index (κ1) is 8.02. The van der Waals surface area contributed by atoms with Gasteiger partial charge in [-0.25, -0.2) is 0 Å². The molecule has 0 heterocycles. The molecule has 2 heteroatoms. The van der Waals surface area contributed by atoms with Crippen LogP contribution in [0.25, 0.3) is 0 Å². The maximum absolute atomic E-state index is 6.04. The Hall–Kier alpha value is -0.0800. The number of hydrogen-bond donors (Lipinski definition) is 2. The SMILES string of the molecule is C[C@@H]1CCCC(N)[C@]1(C)N. The Bertz CT molecular complexity index is 108. The Balaban J connectivity index is 2.63. The molecular weight excluding hydrogens is 124 g/mol. The average Bonchev–Trinajstić information content (AvgIpc) is 1.84. The van der Waals surface area contributed by atoms with E-state index in [2.05, 4.69) is 13.8 Å². The van der Waals surface area contributed by atoms with Crippen LogP contribution in [0.4, 0.5) is 0 Å². The van der Waals surface area contributed by atoms with Crippen LogP contribution in [0.15, 0.2) is 0 Å². The van der Waals surface area contributed by atoms with Crippen molar-refractivity contribution in [1.29, 1.82) is 0 Å². The van der Waals surface area contributed by atoms with Gasteiger partial charge in [-0.05, 0) is 25.7 Å². The molecule has 0 radical (unpaired) electrons. The smallest absolute Gasteiger partial charge is 0.0305 e. The zero-order chi connectivity index (χ0) is 7.78. The highest BCUT2D eigenvalue weighted by Crippen LogP contribution is 2.29. The molecule has 0 spiro atoms. The Morgan fingerprint density at radius 2 is 2.00 bits per heavy atom. The van der Waals surface area contributed by atoms with Crippen molar-refractivity contribution in [2.45, 2.75) is 44.7 Å². The van der Waals surface area contributed by atoms with E-state index in [-0.39, 0.29) is 11.6 Å². The predicted molar refractivity (Wildman–Crippen MR) is 43.6 cm³/mol. The molecule has 60 valence electrons. The van der Waals surface area contributed by atoms with E-state index in [1.807, 2.05) is 0 Å². The fourth-order valence-corrected chi connectivity index (χ4v) is 1.63. The second-order valence-electron chi connectivity index (χ2n) is 3.80. The van der Waals surface area contributed by atoms with Gasteiger partial charge in [0.2, 0.25) is 0 Å². The molecular formula is C8H18N2. The van der Waals surface area contributed by atoms with Gasteiger partial charge in [-0.2, -0.15) is 0 Å². The quantitative estimate of drug-likeness (QED) is 0.527. The summed E-state index contributed by atoms with van der Waals surface area (Å²) >= 11 is 0. The van der Waals surface area contributed by atoms with Crippen LogP contribution in [-0.2, 0) is 0 Å². The highest BCUT2D eigenvalue weighted by molar-refractivity contribution is 4.97. The van der Waals surface area contributed by atoms with Gasteiger partial charge in [0.15, 0.2) is 0 Å². The molecule has 4 N–H and O–H groups in total. The third kappa shape index (κ3) is 1.18. The molecule has 3 atom stereocenters. The zero-order valence-corrected chi connectivity index (χ0v) is 6.93. The van der Waals surface area contributed by atoms with Gasteiger partial charge >= 0.3 is 0 Å². The minimum absolute atomic E-state index is 0.127. The minimum Gasteiger partial charge on any atom is -0.326 e. The lowest BCUT2D eigenvalue weighted by Gasteiger charge is -2.41. The van der Waals surface area contributed by atoms with Crippen LogP contribution >= 0.6 is 0 Å². The Kier molecular flexibility index (Phi) is 2.02. The minimum atomic E-state index is -0.127. The molecule has 1 unspecified atom stereocenters. The van der Waals surface area contributed by atoms with Crippen molar-refractivity contribution in [3.8, 4) is 0 Å². The van der Waals surface area contributed by atoms with E-state index >= 15 is 0 Å². The van der Waals surface area contributed by atoms with E-state index in [0.717, 1.165) is 6.42 Å². The lowest BCUT2D eigenvalue weighted by atomic mass is 9.73. The monoisotopic (exact) mass is 142 g/mol. The van der Waals surface area contributed by atoms with Crippen LogP contribution in [0, 0.1) is 5.92 Å². The van der Waals surface area contributed by atoms with Gasteiger partial charge < -0.3 is 11.5 Å². The molecule has 2 nitrogen and oxygen atoms in total. The summed E-state index contributed by atoms with van der Waals surface area (Å²) in [5.41, 5.74) is 11.8. The highest BCUT2D eigenvalue weighted by atomic mass is 14.9. The Labute approximate surface area is 63.0 Å². The van der Waals surface area contributed by atoms with Gasteiger partial charge in [-0.3, -0.25) is 0 Å². The summed E-state index contributed by atoms with van der Waals surface area (Å²) in [5, 5.41) is 0. The van der Waals surface area contributed by atoms with Gasteiger partial charge in [0.05, 0.1) is 0 Å². The van der Waals surface area contributed by atoms with E-state index in [0.29, 0.717) is 5.92 Å². The molecule has 0 bridgehead atoms. The second-order valence-corrected chi connectivity index (χ2v) is 3.80. The van der Waals surface area contributed by atoms with Crippen LogP contribution in [0.1, 0.15) is 33.1 Å². The summed E-state index contributed by atoms with van der Waals surface area (Å²) in [6.07, 6.45) is 3.58. The molecule has 0 aromatic heterocycles. The van der Waals surface area contributed by atoms with Crippen molar-refractivity contribution in [3.05, 3.63) is 0 Å². The third-order valence-electron chi connectivity index (χ3n) is 3.01. The van der Waals surface area contributed by atoms with Gasteiger partial charge in [0.25, 0.3) is 0 Å². The maximum Gasteiger partial charge on any atom is 0.0305 e. The van der Waals surface area contributed by atoms with E-state index in [4.69, 9.17) is 11.5 Å². The fraction of sp³-hybridized carbons (Fsp3) is 1.00. The zero-order valence-electron chi connectivity index (χ0n) is 6.93. The second kappa shape index (κ2) is 2.51. The topological polar surface area (TPSA) is 52.0 Å². The molecule has 0 aromatic rings. The molecule has 1 aliphatic carbocycles. The first-order chi connectivity index (χ1) is 4.55. The largest absolute Gasteiger partial charge is 0.326 e. The van der Waals surface area contributed by atoms with Crippen molar-refractivity contribution >= 4 is 0 Å². The molecule has 1 fully saturated rings. The summed E-state index contributed by atoms with van der Waals surface area (Å²) in [6.45, 7) is 4.26. The van der Waals surface area contributed by atoms with E-state index < -0.39 is 0 Å². The van der Waals surface area contributed by atoms with E-state index in [1.54, 1.807) is 0 Å². The molecule has 1 rings (SSSR count). The van der Waals surface area contributed by atoms with Crippen LogP contribution < -0.4 is 11.5 Å². The summed E-state index contributed by atoms with van der Waals surface area (Å²) in [5.74, 6) is 0.580. The molecule has 0 amide bonds. The number of nitrogens with two attached hydrogens (primary N) is 2. The van der Waals surface area contributed by atoms with Crippen LogP contribution in [0.2, 0.25) is 0 Å². The van der Waals surface area contributed by atoms with Crippen molar-refractivity contribution in [1.82, 2.24) is 0 Å². The van der Waals surface area contributed by atoms with E-state index in [9.17, 15) is 0 Å². The molecule has 10 heavy (non-hydrogen) atoms. The molecule has 0 saturated heterocycles. The standard InChI is InChI=1S/C8H18N2/c1-6-4-3-5-7(9)8(6,2)10/h6-7H,3-5,9-10H2,1-2H3/t6-,7?,8-/m1/s1. The van der Waals surface area contributed by atoms with Gasteiger partial charge in [-0.15, -0.1) is 0 Å². The Morgan fingerprint density at radius 3 is 2.40 bits per heavy atom. The number of rotatable bonds is 0. The lowest BCUT2D eigenvalue weighted by molar-refractivity contribution is 0.193. The summed E-state index contributed by atoms with van der Waals surface area (Å²) in [6, 6.07) is 0.205. The fourth-order valence-electron chi connectivity index (χ4n) is 1.63. The van der Waals surface area contributed by atoms with Crippen LogP contribution in [0.3, 0.4) is 0 Å². The average molecular weight is 142 g/mol. The lowest BCUT2D eigenvalue weighted by Crippen LogP contribution is -2.59. The molecule has 0 aromatic carbocycles. The maximum atomic E-state index is 6.04.